The van der Waals surface area contributed by atoms with Crippen molar-refractivity contribution in [2.24, 2.45) is 0 Å². The molecule has 2 nitrogen and oxygen atoms in total. The summed E-state index contributed by atoms with van der Waals surface area (Å²) < 4.78 is 5.64. The molecule has 0 amide bonds. The topological polar surface area (TPSA) is 29.5 Å². The van der Waals surface area contributed by atoms with Crippen molar-refractivity contribution in [3.8, 4) is 5.75 Å². The van der Waals surface area contributed by atoms with Gasteiger partial charge in [0.05, 0.1) is 6.61 Å². The molecule has 0 fully saturated rings. The molecule has 0 heterocycles. The second kappa shape index (κ2) is 6.49. The largest absolute Gasteiger partial charge is 0.488 e. The molecule has 0 aliphatic heterocycles. The summed E-state index contributed by atoms with van der Waals surface area (Å²) in [6, 6.07) is 10.4. The third kappa shape index (κ3) is 3.54. The van der Waals surface area contributed by atoms with Gasteiger partial charge in [0, 0.05) is 26.2 Å². The molecule has 0 bridgehead atoms. The molecule has 5 heteroatoms. The molecule has 1 N–H and O–H groups in total. The van der Waals surface area contributed by atoms with Crippen LogP contribution in [0.25, 0.3) is 0 Å². The van der Waals surface area contributed by atoms with E-state index in [0.29, 0.717) is 26.4 Å². The van der Waals surface area contributed by atoms with Crippen LogP contribution in [-0.2, 0) is 13.2 Å². The van der Waals surface area contributed by atoms with Crippen LogP contribution in [0.4, 0.5) is 0 Å². The van der Waals surface area contributed by atoms with Gasteiger partial charge in [-0.25, -0.2) is 0 Å². The van der Waals surface area contributed by atoms with Crippen molar-refractivity contribution in [2.75, 3.05) is 0 Å². The molecule has 2 aromatic rings. The van der Waals surface area contributed by atoms with E-state index in [4.69, 9.17) is 39.5 Å². The zero-order valence-corrected chi connectivity index (χ0v) is 12.1. The lowest BCUT2D eigenvalue weighted by molar-refractivity contribution is 0.259. The van der Waals surface area contributed by atoms with Crippen LogP contribution < -0.4 is 4.74 Å². The van der Waals surface area contributed by atoms with Gasteiger partial charge in [-0.15, -0.1) is 0 Å². The smallest absolute Gasteiger partial charge is 0.126 e. The van der Waals surface area contributed by atoms with E-state index in [0.717, 1.165) is 5.56 Å². The minimum atomic E-state index is -0.177. The predicted molar refractivity (Wildman–Crippen MR) is 78.2 cm³/mol. The number of rotatable bonds is 4. The lowest BCUT2D eigenvalue weighted by Crippen LogP contribution is -2.00. The van der Waals surface area contributed by atoms with Crippen LogP contribution in [0.3, 0.4) is 0 Å². The van der Waals surface area contributed by atoms with Crippen LogP contribution >= 0.6 is 34.8 Å². The van der Waals surface area contributed by atoms with Gasteiger partial charge in [0.15, 0.2) is 0 Å². The standard InChI is InChI=1S/C14H11Cl3O2/c15-10-5-4-9(13(17)6-10)8-19-14-3-1-2-12(16)11(14)7-18/h1-6,18H,7-8H2. The van der Waals surface area contributed by atoms with Gasteiger partial charge in [-0.3, -0.25) is 0 Å². The molecule has 0 spiro atoms. The summed E-state index contributed by atoms with van der Waals surface area (Å²) in [5.41, 5.74) is 1.38. The summed E-state index contributed by atoms with van der Waals surface area (Å²) in [5.74, 6) is 0.543. The Balaban J connectivity index is 2.17. The minimum Gasteiger partial charge on any atom is -0.488 e. The summed E-state index contributed by atoms with van der Waals surface area (Å²) >= 11 is 17.9. The van der Waals surface area contributed by atoms with Crippen LogP contribution in [0.15, 0.2) is 36.4 Å². The van der Waals surface area contributed by atoms with E-state index >= 15 is 0 Å². The monoisotopic (exact) mass is 316 g/mol. The Kier molecular flexibility index (Phi) is 4.94. The Morgan fingerprint density at radius 1 is 1.00 bits per heavy atom. The first kappa shape index (κ1) is 14.5. The molecule has 0 aliphatic rings. The van der Waals surface area contributed by atoms with E-state index in [1.165, 1.54) is 0 Å². The Morgan fingerprint density at radius 2 is 1.79 bits per heavy atom. The highest BCUT2D eigenvalue weighted by Crippen LogP contribution is 2.28. The fourth-order valence-electron chi connectivity index (χ4n) is 1.62. The lowest BCUT2D eigenvalue weighted by atomic mass is 10.2. The van der Waals surface area contributed by atoms with Gasteiger partial charge >= 0.3 is 0 Å². The van der Waals surface area contributed by atoms with Crippen molar-refractivity contribution in [1.29, 1.82) is 0 Å². The normalized spacial score (nSPS) is 10.5. The number of ether oxygens (including phenoxy) is 1. The SMILES string of the molecule is OCc1c(Cl)cccc1OCc1ccc(Cl)cc1Cl. The maximum absolute atomic E-state index is 9.28. The maximum atomic E-state index is 9.28. The Bertz CT molecular complexity index is 585. The highest BCUT2D eigenvalue weighted by Gasteiger charge is 2.08. The molecule has 0 saturated heterocycles. The van der Waals surface area contributed by atoms with Crippen molar-refractivity contribution >= 4 is 34.8 Å². The summed E-state index contributed by atoms with van der Waals surface area (Å²) in [7, 11) is 0. The highest BCUT2D eigenvalue weighted by atomic mass is 35.5. The van der Waals surface area contributed by atoms with Crippen LogP contribution in [0, 0.1) is 0 Å². The lowest BCUT2D eigenvalue weighted by Gasteiger charge is -2.12. The van der Waals surface area contributed by atoms with Crippen molar-refractivity contribution in [1.82, 2.24) is 0 Å². The first-order valence-electron chi connectivity index (χ1n) is 5.57. The second-order valence-electron chi connectivity index (χ2n) is 3.90. The second-order valence-corrected chi connectivity index (χ2v) is 5.15. The summed E-state index contributed by atoms with van der Waals surface area (Å²) in [6.45, 7) is 0.104. The molecule has 2 rings (SSSR count). The third-order valence-electron chi connectivity index (χ3n) is 2.63. The highest BCUT2D eigenvalue weighted by molar-refractivity contribution is 6.35. The van der Waals surface area contributed by atoms with Crippen LogP contribution in [0.2, 0.25) is 15.1 Å². The van der Waals surface area contributed by atoms with Crippen molar-refractivity contribution < 1.29 is 9.84 Å². The molecule has 0 aliphatic carbocycles. The Hall–Kier alpha value is -0.930. The molecule has 0 saturated carbocycles. The van der Waals surface area contributed by atoms with Gasteiger partial charge in [-0.1, -0.05) is 46.9 Å². The van der Waals surface area contributed by atoms with Crippen LogP contribution in [0.5, 0.6) is 5.75 Å². The third-order valence-corrected chi connectivity index (χ3v) is 3.57. The zero-order chi connectivity index (χ0) is 13.8. The van der Waals surface area contributed by atoms with Gasteiger partial charge in [0.2, 0.25) is 0 Å². The van der Waals surface area contributed by atoms with E-state index in [1.54, 1.807) is 36.4 Å². The number of hydrogen-bond acceptors (Lipinski definition) is 2. The van der Waals surface area contributed by atoms with E-state index in [1.807, 2.05) is 0 Å². The van der Waals surface area contributed by atoms with Crippen LogP contribution in [0.1, 0.15) is 11.1 Å². The quantitative estimate of drug-likeness (QED) is 0.884. The van der Waals surface area contributed by atoms with E-state index in [2.05, 4.69) is 0 Å². The van der Waals surface area contributed by atoms with Gasteiger partial charge in [0.25, 0.3) is 0 Å². The minimum absolute atomic E-state index is 0.177. The number of aliphatic hydroxyl groups excluding tert-OH is 1. The molecule has 0 radical (unpaired) electrons. The number of halogens is 3. The van der Waals surface area contributed by atoms with Gasteiger partial charge in [-0.05, 0) is 24.3 Å². The first-order valence-corrected chi connectivity index (χ1v) is 6.70. The Morgan fingerprint density at radius 3 is 2.47 bits per heavy atom. The summed E-state index contributed by atoms with van der Waals surface area (Å²) in [5, 5.41) is 10.9. The van der Waals surface area contributed by atoms with E-state index < -0.39 is 0 Å². The molecular weight excluding hydrogens is 307 g/mol. The Labute approximate surface area is 126 Å². The molecule has 0 atom stereocenters. The molecule has 0 unspecified atom stereocenters. The molecule has 2 aromatic carbocycles. The van der Waals surface area contributed by atoms with Crippen LogP contribution in [-0.4, -0.2) is 5.11 Å². The van der Waals surface area contributed by atoms with Gasteiger partial charge in [-0.2, -0.15) is 0 Å². The molecule has 100 valence electrons. The number of aliphatic hydroxyl groups is 1. The molecule has 0 aromatic heterocycles. The average molecular weight is 318 g/mol. The maximum Gasteiger partial charge on any atom is 0.126 e. The zero-order valence-electron chi connectivity index (χ0n) is 9.87. The fraction of sp³-hybridized carbons (Fsp3) is 0.143. The van der Waals surface area contributed by atoms with Crippen molar-refractivity contribution in [2.45, 2.75) is 13.2 Å². The van der Waals surface area contributed by atoms with E-state index in [9.17, 15) is 5.11 Å². The number of hydrogen-bond donors (Lipinski definition) is 1. The molecule has 19 heavy (non-hydrogen) atoms. The summed E-state index contributed by atoms with van der Waals surface area (Å²) in [6.07, 6.45) is 0. The van der Waals surface area contributed by atoms with E-state index in [-0.39, 0.29) is 13.2 Å². The average Bonchev–Trinajstić information content (AvgIpc) is 2.38. The summed E-state index contributed by atoms with van der Waals surface area (Å²) in [4.78, 5) is 0. The van der Waals surface area contributed by atoms with Gasteiger partial charge < -0.3 is 9.84 Å². The molecular formula is C14H11Cl3O2. The fourth-order valence-corrected chi connectivity index (χ4v) is 2.31. The van der Waals surface area contributed by atoms with Crippen molar-refractivity contribution in [3.63, 3.8) is 0 Å². The number of benzene rings is 2. The van der Waals surface area contributed by atoms with Crippen molar-refractivity contribution in [3.05, 3.63) is 62.6 Å². The predicted octanol–water partition coefficient (Wildman–Crippen LogP) is 4.72. The first-order chi connectivity index (χ1) is 9.11. The van der Waals surface area contributed by atoms with Gasteiger partial charge in [0.1, 0.15) is 12.4 Å².